The van der Waals surface area contributed by atoms with Gasteiger partial charge in [-0.15, -0.1) is 0 Å². The van der Waals surface area contributed by atoms with Gasteiger partial charge in [-0.1, -0.05) is 36.4 Å². The minimum Gasteiger partial charge on any atom is -0.391 e. The minimum atomic E-state index is -0.594. The van der Waals surface area contributed by atoms with Crippen LogP contribution in [0.2, 0.25) is 0 Å². The fourth-order valence-electron chi connectivity index (χ4n) is 2.45. The minimum absolute atomic E-state index is 0.171. The maximum atomic E-state index is 12.1. The van der Waals surface area contributed by atoms with E-state index >= 15 is 0 Å². The predicted molar refractivity (Wildman–Crippen MR) is 85.9 cm³/mol. The van der Waals surface area contributed by atoms with Crippen LogP contribution in [0.5, 0.6) is 0 Å². The van der Waals surface area contributed by atoms with Crippen molar-refractivity contribution in [3.05, 3.63) is 78.1 Å². The number of amides is 1. The summed E-state index contributed by atoms with van der Waals surface area (Å²) in [7, 11) is 0. The lowest BCUT2D eigenvalue weighted by molar-refractivity contribution is 0.0916. The molecule has 0 aliphatic heterocycles. The molecule has 0 aliphatic carbocycles. The summed E-state index contributed by atoms with van der Waals surface area (Å²) in [5, 5.41) is 12.8. The second-order valence-corrected chi connectivity index (χ2v) is 5.32. The molecule has 0 spiro atoms. The van der Waals surface area contributed by atoms with Crippen LogP contribution in [0.4, 0.5) is 0 Å². The molecule has 112 valence electrons. The summed E-state index contributed by atoms with van der Waals surface area (Å²) in [5.74, 6) is -0.171. The molecule has 2 heterocycles. The van der Waals surface area contributed by atoms with Crippen LogP contribution in [-0.2, 0) is 6.42 Å². The van der Waals surface area contributed by atoms with Gasteiger partial charge in [-0.05, 0) is 23.8 Å². The third-order valence-corrected chi connectivity index (χ3v) is 3.58. The van der Waals surface area contributed by atoms with E-state index in [0.29, 0.717) is 12.0 Å². The SMILES string of the molecule is O=C(NC[C@H](O)Cc1ccccc1)c1cc2ccccn2c1. The Hall–Kier alpha value is -2.59. The Morgan fingerprint density at radius 1 is 1.14 bits per heavy atom. The van der Waals surface area contributed by atoms with Gasteiger partial charge in [0.15, 0.2) is 0 Å². The van der Waals surface area contributed by atoms with Gasteiger partial charge in [-0.3, -0.25) is 4.79 Å². The summed E-state index contributed by atoms with van der Waals surface area (Å²) in [4.78, 5) is 12.1. The first-order chi connectivity index (χ1) is 10.7. The molecule has 0 aliphatic rings. The molecule has 1 aromatic carbocycles. The molecule has 0 fully saturated rings. The maximum absolute atomic E-state index is 12.1. The Balaban J connectivity index is 1.57. The van der Waals surface area contributed by atoms with Gasteiger partial charge in [0.25, 0.3) is 5.91 Å². The molecule has 4 heteroatoms. The average molecular weight is 294 g/mol. The summed E-state index contributed by atoms with van der Waals surface area (Å²) < 4.78 is 1.90. The first kappa shape index (κ1) is 14.4. The van der Waals surface area contributed by atoms with E-state index in [1.807, 2.05) is 65.2 Å². The van der Waals surface area contributed by atoms with Crippen molar-refractivity contribution in [1.82, 2.24) is 9.72 Å². The van der Waals surface area contributed by atoms with Crippen molar-refractivity contribution < 1.29 is 9.90 Å². The Morgan fingerprint density at radius 3 is 2.68 bits per heavy atom. The van der Waals surface area contributed by atoms with E-state index in [1.165, 1.54) is 0 Å². The smallest absolute Gasteiger partial charge is 0.252 e. The number of aliphatic hydroxyl groups is 1. The fraction of sp³-hybridized carbons (Fsp3) is 0.167. The van der Waals surface area contributed by atoms with Crippen LogP contribution < -0.4 is 5.32 Å². The molecule has 0 saturated heterocycles. The topological polar surface area (TPSA) is 53.7 Å². The number of fused-ring (bicyclic) bond motifs is 1. The van der Waals surface area contributed by atoms with Crippen molar-refractivity contribution in [3.8, 4) is 0 Å². The molecule has 0 bridgehead atoms. The highest BCUT2D eigenvalue weighted by Crippen LogP contribution is 2.09. The van der Waals surface area contributed by atoms with Gasteiger partial charge in [0.2, 0.25) is 0 Å². The molecule has 3 aromatic rings. The van der Waals surface area contributed by atoms with Gasteiger partial charge in [-0.2, -0.15) is 0 Å². The summed E-state index contributed by atoms with van der Waals surface area (Å²) in [6.07, 6.45) is 3.62. The number of nitrogens with zero attached hydrogens (tertiary/aromatic N) is 1. The second-order valence-electron chi connectivity index (χ2n) is 5.32. The van der Waals surface area contributed by atoms with Gasteiger partial charge in [-0.25, -0.2) is 0 Å². The van der Waals surface area contributed by atoms with Crippen molar-refractivity contribution in [2.45, 2.75) is 12.5 Å². The average Bonchev–Trinajstić information content (AvgIpc) is 2.98. The zero-order valence-corrected chi connectivity index (χ0v) is 12.1. The largest absolute Gasteiger partial charge is 0.391 e. The van der Waals surface area contributed by atoms with E-state index in [1.54, 1.807) is 6.20 Å². The Labute approximate surface area is 129 Å². The molecular weight excluding hydrogens is 276 g/mol. The number of nitrogens with one attached hydrogen (secondary N) is 1. The monoisotopic (exact) mass is 294 g/mol. The lowest BCUT2D eigenvalue weighted by atomic mass is 10.1. The van der Waals surface area contributed by atoms with Crippen molar-refractivity contribution in [1.29, 1.82) is 0 Å². The lowest BCUT2D eigenvalue weighted by Crippen LogP contribution is -2.33. The van der Waals surface area contributed by atoms with E-state index in [4.69, 9.17) is 0 Å². The Bertz CT molecular complexity index is 732. The van der Waals surface area contributed by atoms with E-state index in [2.05, 4.69) is 5.32 Å². The summed E-state index contributed by atoms with van der Waals surface area (Å²) in [5.41, 5.74) is 2.62. The zero-order chi connectivity index (χ0) is 15.4. The van der Waals surface area contributed by atoms with E-state index in [-0.39, 0.29) is 12.5 Å². The fourth-order valence-corrected chi connectivity index (χ4v) is 2.45. The molecule has 22 heavy (non-hydrogen) atoms. The Kier molecular flexibility index (Phi) is 4.21. The molecule has 0 radical (unpaired) electrons. The molecule has 1 atom stereocenters. The van der Waals surface area contributed by atoms with Crippen LogP contribution in [0.15, 0.2) is 67.0 Å². The van der Waals surface area contributed by atoms with Crippen molar-refractivity contribution in [2.75, 3.05) is 6.54 Å². The van der Waals surface area contributed by atoms with Gasteiger partial charge in [0.05, 0.1) is 11.7 Å². The van der Waals surface area contributed by atoms with Crippen molar-refractivity contribution in [2.24, 2.45) is 0 Å². The number of pyridine rings is 1. The van der Waals surface area contributed by atoms with Gasteiger partial charge in [0, 0.05) is 30.9 Å². The molecule has 0 unspecified atom stereocenters. The van der Waals surface area contributed by atoms with Crippen LogP contribution in [0.3, 0.4) is 0 Å². The van der Waals surface area contributed by atoms with Crippen molar-refractivity contribution >= 4 is 11.4 Å². The number of hydrogen-bond acceptors (Lipinski definition) is 2. The second kappa shape index (κ2) is 6.45. The number of carbonyl (C=O) groups excluding carboxylic acids is 1. The van der Waals surface area contributed by atoms with Gasteiger partial charge >= 0.3 is 0 Å². The van der Waals surface area contributed by atoms with Crippen LogP contribution >= 0.6 is 0 Å². The molecule has 2 aromatic heterocycles. The highest BCUT2D eigenvalue weighted by Gasteiger charge is 2.11. The first-order valence-electron chi connectivity index (χ1n) is 7.29. The number of aromatic nitrogens is 1. The molecule has 3 rings (SSSR count). The summed E-state index contributed by atoms with van der Waals surface area (Å²) in [6, 6.07) is 17.4. The van der Waals surface area contributed by atoms with Gasteiger partial charge < -0.3 is 14.8 Å². The predicted octanol–water partition coefficient (Wildman–Crippen LogP) is 2.27. The summed E-state index contributed by atoms with van der Waals surface area (Å²) >= 11 is 0. The molecular formula is C18H18N2O2. The number of hydrogen-bond donors (Lipinski definition) is 2. The third kappa shape index (κ3) is 3.35. The zero-order valence-electron chi connectivity index (χ0n) is 12.1. The highest BCUT2D eigenvalue weighted by atomic mass is 16.3. The highest BCUT2D eigenvalue weighted by molar-refractivity contribution is 5.95. The quantitative estimate of drug-likeness (QED) is 0.758. The third-order valence-electron chi connectivity index (χ3n) is 3.58. The molecule has 2 N–H and O–H groups in total. The van der Waals surface area contributed by atoms with E-state index in [9.17, 15) is 9.90 Å². The van der Waals surface area contributed by atoms with Crippen LogP contribution in [0, 0.1) is 0 Å². The Morgan fingerprint density at radius 2 is 1.91 bits per heavy atom. The van der Waals surface area contributed by atoms with E-state index in [0.717, 1.165) is 11.1 Å². The first-order valence-corrected chi connectivity index (χ1v) is 7.29. The number of carbonyl (C=O) groups is 1. The standard InChI is InChI=1S/C18H18N2O2/c21-17(10-14-6-2-1-3-7-14)12-19-18(22)15-11-16-8-4-5-9-20(16)13-15/h1-9,11,13,17,21H,10,12H2,(H,19,22)/t17-/m1/s1. The summed E-state index contributed by atoms with van der Waals surface area (Å²) in [6.45, 7) is 0.236. The molecule has 0 saturated carbocycles. The number of benzene rings is 1. The van der Waals surface area contributed by atoms with Crippen LogP contribution in [0.1, 0.15) is 15.9 Å². The van der Waals surface area contributed by atoms with Gasteiger partial charge in [0.1, 0.15) is 0 Å². The van der Waals surface area contributed by atoms with E-state index < -0.39 is 6.10 Å². The molecule has 1 amide bonds. The maximum Gasteiger partial charge on any atom is 0.252 e. The lowest BCUT2D eigenvalue weighted by Gasteiger charge is -2.11. The van der Waals surface area contributed by atoms with Crippen LogP contribution in [0.25, 0.3) is 5.52 Å². The van der Waals surface area contributed by atoms with Crippen LogP contribution in [-0.4, -0.2) is 28.1 Å². The van der Waals surface area contributed by atoms with Crippen molar-refractivity contribution in [3.63, 3.8) is 0 Å². The normalized spacial score (nSPS) is 12.2. The number of aliphatic hydroxyl groups excluding tert-OH is 1. The molecule has 4 nitrogen and oxygen atoms in total. The number of rotatable bonds is 5.